The van der Waals surface area contributed by atoms with Gasteiger partial charge in [0.25, 0.3) is 0 Å². The van der Waals surface area contributed by atoms with Crippen LogP contribution in [0.15, 0.2) is 18.2 Å². The summed E-state index contributed by atoms with van der Waals surface area (Å²) in [5.74, 6) is 0.302. The number of hydrogen-bond acceptors (Lipinski definition) is 3. The van der Waals surface area contributed by atoms with Crippen LogP contribution in [-0.4, -0.2) is 28.5 Å². The van der Waals surface area contributed by atoms with Gasteiger partial charge >= 0.3 is 0 Å². The van der Waals surface area contributed by atoms with Crippen LogP contribution in [0, 0.1) is 5.82 Å². The summed E-state index contributed by atoms with van der Waals surface area (Å²) in [6.45, 7) is 1.22. The molecule has 2 heterocycles. The van der Waals surface area contributed by atoms with Crippen molar-refractivity contribution in [3.63, 3.8) is 0 Å². The highest BCUT2D eigenvalue weighted by Gasteiger charge is 2.24. The number of rotatable bonds is 3. The average molecular weight is 248 g/mol. The second-order valence-corrected chi connectivity index (χ2v) is 4.36. The first-order valence-electron chi connectivity index (χ1n) is 5.87. The number of amides is 1. The Balaban J connectivity index is 1.68. The van der Waals surface area contributed by atoms with E-state index in [0.29, 0.717) is 23.4 Å². The summed E-state index contributed by atoms with van der Waals surface area (Å²) in [6, 6.07) is 4.29. The number of fused-ring (bicyclic) bond motifs is 1. The monoisotopic (exact) mass is 248 g/mol. The van der Waals surface area contributed by atoms with Crippen molar-refractivity contribution in [2.75, 3.05) is 6.54 Å². The van der Waals surface area contributed by atoms with Crippen molar-refractivity contribution in [1.82, 2.24) is 20.6 Å². The zero-order valence-corrected chi connectivity index (χ0v) is 9.66. The molecule has 1 aromatic carbocycles. The molecule has 0 spiro atoms. The molecule has 94 valence electrons. The maximum atomic E-state index is 13.0. The predicted octanol–water partition coefficient (Wildman–Crippen LogP) is 0.680. The minimum Gasteiger partial charge on any atom is -0.348 e. The maximum absolute atomic E-state index is 13.0. The quantitative estimate of drug-likeness (QED) is 0.748. The highest BCUT2D eigenvalue weighted by Crippen LogP contribution is 2.12. The second kappa shape index (κ2) is 4.38. The topological polar surface area (TPSA) is 69.8 Å². The van der Waals surface area contributed by atoms with E-state index in [2.05, 4.69) is 20.6 Å². The zero-order valence-electron chi connectivity index (χ0n) is 9.66. The summed E-state index contributed by atoms with van der Waals surface area (Å²) in [5.41, 5.74) is 1.34. The zero-order chi connectivity index (χ0) is 12.5. The lowest BCUT2D eigenvalue weighted by molar-refractivity contribution is -0.124. The summed E-state index contributed by atoms with van der Waals surface area (Å²) < 4.78 is 13.0. The fourth-order valence-electron chi connectivity index (χ4n) is 1.92. The van der Waals surface area contributed by atoms with E-state index in [0.717, 1.165) is 13.0 Å². The molecule has 2 aromatic rings. The Bertz CT molecular complexity index is 591. The molecule has 0 saturated carbocycles. The van der Waals surface area contributed by atoms with Gasteiger partial charge in [0, 0.05) is 0 Å². The third-order valence-electron chi connectivity index (χ3n) is 3.06. The second-order valence-electron chi connectivity index (χ2n) is 4.36. The van der Waals surface area contributed by atoms with Gasteiger partial charge in [-0.1, -0.05) is 0 Å². The number of halogens is 1. The molecule has 1 aliphatic heterocycles. The number of carbonyl (C=O) groups excluding carboxylic acids is 1. The van der Waals surface area contributed by atoms with E-state index in [4.69, 9.17) is 0 Å². The molecular weight excluding hydrogens is 235 g/mol. The number of nitrogens with one attached hydrogen (secondary N) is 3. The van der Waals surface area contributed by atoms with Crippen LogP contribution in [-0.2, 0) is 11.3 Å². The molecule has 1 atom stereocenters. The maximum Gasteiger partial charge on any atom is 0.237 e. The predicted molar refractivity (Wildman–Crippen MR) is 64.3 cm³/mol. The molecule has 18 heavy (non-hydrogen) atoms. The Morgan fingerprint density at radius 1 is 1.56 bits per heavy atom. The molecule has 3 N–H and O–H groups in total. The van der Waals surface area contributed by atoms with Gasteiger partial charge in [-0.25, -0.2) is 9.37 Å². The average Bonchev–Trinajstić information content (AvgIpc) is 2.65. The standard InChI is InChI=1S/C12H13FN4O/c13-7-1-2-8-10(5-7)17-11(16-8)6-15-12(18)9-3-4-14-9/h1-2,5,9,14H,3-4,6H2,(H,15,18)(H,16,17). The molecule has 3 rings (SSSR count). The number of benzene rings is 1. The van der Waals surface area contributed by atoms with E-state index in [1.807, 2.05) is 0 Å². The van der Waals surface area contributed by atoms with Crippen LogP contribution in [0.3, 0.4) is 0 Å². The molecule has 1 aromatic heterocycles. The SMILES string of the molecule is O=C(NCc1nc2ccc(F)cc2[nH]1)C1CCN1. The number of hydrogen-bond donors (Lipinski definition) is 3. The normalized spacial score (nSPS) is 18.6. The molecule has 1 fully saturated rings. The van der Waals surface area contributed by atoms with Crippen molar-refractivity contribution < 1.29 is 9.18 Å². The van der Waals surface area contributed by atoms with Crippen LogP contribution < -0.4 is 10.6 Å². The Hall–Kier alpha value is -1.95. The lowest BCUT2D eigenvalue weighted by atomic mass is 10.1. The van der Waals surface area contributed by atoms with E-state index < -0.39 is 0 Å². The highest BCUT2D eigenvalue weighted by atomic mass is 19.1. The fraction of sp³-hybridized carbons (Fsp3) is 0.333. The van der Waals surface area contributed by atoms with Crippen molar-refractivity contribution in [3.05, 3.63) is 29.8 Å². The van der Waals surface area contributed by atoms with Crippen molar-refractivity contribution in [2.45, 2.75) is 19.0 Å². The minimum absolute atomic E-state index is 0.0205. The fourth-order valence-corrected chi connectivity index (χ4v) is 1.92. The Kier molecular flexibility index (Phi) is 2.71. The molecule has 5 nitrogen and oxygen atoms in total. The van der Waals surface area contributed by atoms with Gasteiger partial charge in [0.2, 0.25) is 5.91 Å². The van der Waals surface area contributed by atoms with Gasteiger partial charge in [0.05, 0.1) is 23.6 Å². The summed E-state index contributed by atoms with van der Waals surface area (Å²) in [7, 11) is 0. The first-order chi connectivity index (χ1) is 8.72. The van der Waals surface area contributed by atoms with Crippen LogP contribution >= 0.6 is 0 Å². The van der Waals surface area contributed by atoms with Crippen LogP contribution in [0.25, 0.3) is 11.0 Å². The first-order valence-corrected chi connectivity index (χ1v) is 5.87. The van der Waals surface area contributed by atoms with Crippen molar-refractivity contribution >= 4 is 16.9 Å². The Labute approximate surface area is 103 Å². The van der Waals surface area contributed by atoms with E-state index in [9.17, 15) is 9.18 Å². The van der Waals surface area contributed by atoms with Crippen LogP contribution in [0.4, 0.5) is 4.39 Å². The number of carbonyl (C=O) groups is 1. The van der Waals surface area contributed by atoms with Crippen LogP contribution in [0.5, 0.6) is 0 Å². The van der Waals surface area contributed by atoms with E-state index >= 15 is 0 Å². The van der Waals surface area contributed by atoms with Gasteiger partial charge in [0.1, 0.15) is 11.6 Å². The van der Waals surface area contributed by atoms with Gasteiger partial charge in [0.15, 0.2) is 0 Å². The summed E-state index contributed by atoms with van der Waals surface area (Å²) >= 11 is 0. The Morgan fingerprint density at radius 2 is 2.39 bits per heavy atom. The van der Waals surface area contributed by atoms with E-state index in [-0.39, 0.29) is 17.8 Å². The molecular formula is C12H13FN4O. The van der Waals surface area contributed by atoms with E-state index in [1.54, 1.807) is 6.07 Å². The molecule has 1 unspecified atom stereocenters. The summed E-state index contributed by atoms with van der Waals surface area (Å²) in [5, 5.41) is 5.81. The molecule has 1 aliphatic rings. The molecule has 0 bridgehead atoms. The van der Waals surface area contributed by atoms with Crippen molar-refractivity contribution in [1.29, 1.82) is 0 Å². The van der Waals surface area contributed by atoms with Crippen LogP contribution in [0.2, 0.25) is 0 Å². The molecule has 0 radical (unpaired) electrons. The smallest absolute Gasteiger partial charge is 0.237 e. The third kappa shape index (κ3) is 2.06. The molecule has 1 amide bonds. The first kappa shape index (κ1) is 11.2. The lowest BCUT2D eigenvalue weighted by Crippen LogP contribution is -2.53. The van der Waals surface area contributed by atoms with E-state index in [1.165, 1.54) is 12.1 Å². The molecule has 6 heteroatoms. The molecule has 0 aliphatic carbocycles. The third-order valence-corrected chi connectivity index (χ3v) is 3.06. The van der Waals surface area contributed by atoms with Gasteiger partial charge in [-0.15, -0.1) is 0 Å². The molecule has 1 saturated heterocycles. The van der Waals surface area contributed by atoms with Crippen molar-refractivity contribution in [2.24, 2.45) is 0 Å². The van der Waals surface area contributed by atoms with Gasteiger partial charge < -0.3 is 15.6 Å². The lowest BCUT2D eigenvalue weighted by Gasteiger charge is -2.25. The number of H-pyrrole nitrogens is 1. The van der Waals surface area contributed by atoms with Crippen molar-refractivity contribution in [3.8, 4) is 0 Å². The number of nitrogens with zero attached hydrogens (tertiary/aromatic N) is 1. The van der Waals surface area contributed by atoms with Gasteiger partial charge in [-0.2, -0.15) is 0 Å². The largest absolute Gasteiger partial charge is 0.348 e. The number of imidazole rings is 1. The van der Waals surface area contributed by atoms with Gasteiger partial charge in [-0.3, -0.25) is 4.79 Å². The number of aromatic nitrogens is 2. The van der Waals surface area contributed by atoms with Crippen LogP contribution in [0.1, 0.15) is 12.2 Å². The minimum atomic E-state index is -0.305. The summed E-state index contributed by atoms with van der Waals surface area (Å²) in [4.78, 5) is 18.8. The summed E-state index contributed by atoms with van der Waals surface area (Å²) in [6.07, 6.45) is 0.872. The highest BCUT2D eigenvalue weighted by molar-refractivity contribution is 5.82. The van der Waals surface area contributed by atoms with Gasteiger partial charge in [-0.05, 0) is 31.2 Å². The Morgan fingerprint density at radius 3 is 3.11 bits per heavy atom. The number of aromatic amines is 1.